The fourth-order valence-electron chi connectivity index (χ4n) is 2.84. The molecule has 1 aromatic carbocycles. The molecule has 1 aliphatic rings. The molecule has 0 saturated carbocycles. The van der Waals surface area contributed by atoms with Gasteiger partial charge >= 0.3 is 5.97 Å². The quantitative estimate of drug-likeness (QED) is 0.854. The number of carboxylic acid groups (broad SMARTS) is 1. The largest absolute Gasteiger partial charge is 0.480 e. The fraction of sp³-hybridized carbons (Fsp3) is 0.533. The molecule has 7 heteroatoms. The van der Waals surface area contributed by atoms with Crippen molar-refractivity contribution in [2.75, 3.05) is 13.1 Å². The smallest absolute Gasteiger partial charge is 0.325 e. The maximum Gasteiger partial charge on any atom is 0.325 e. The van der Waals surface area contributed by atoms with E-state index in [2.05, 4.69) is 4.90 Å². The number of carbonyl (C=O) groups is 1. The zero-order valence-corrected chi connectivity index (χ0v) is 13.4. The summed E-state index contributed by atoms with van der Waals surface area (Å²) in [4.78, 5) is 13.7. The number of hydrogen-bond acceptors (Lipinski definition) is 4. The number of hydrogen-bond donors (Lipinski definition) is 1. The molecule has 0 bridgehead atoms. The number of nitrogens with zero attached hydrogens (tertiary/aromatic N) is 1. The first-order valence-corrected chi connectivity index (χ1v) is 8.67. The number of rotatable bonds is 4. The predicted octanol–water partition coefficient (Wildman–Crippen LogP) is 1.93. The summed E-state index contributed by atoms with van der Waals surface area (Å²) in [6.45, 7) is 4.79. The highest BCUT2D eigenvalue weighted by Crippen LogP contribution is 2.36. The molecule has 1 N–H and O–H groups in total. The summed E-state index contributed by atoms with van der Waals surface area (Å²) < 4.78 is 36.8. The van der Waals surface area contributed by atoms with Crippen molar-refractivity contribution in [3.63, 3.8) is 0 Å². The highest BCUT2D eigenvalue weighted by Gasteiger charge is 2.53. The average Bonchev–Trinajstić information content (AvgIpc) is 2.47. The van der Waals surface area contributed by atoms with Crippen molar-refractivity contribution >= 4 is 15.8 Å². The van der Waals surface area contributed by atoms with Gasteiger partial charge in [0.2, 0.25) is 0 Å². The van der Waals surface area contributed by atoms with Crippen LogP contribution in [0.1, 0.15) is 26.7 Å². The van der Waals surface area contributed by atoms with E-state index >= 15 is 0 Å². The summed E-state index contributed by atoms with van der Waals surface area (Å²) in [7, 11) is -4.08. The Morgan fingerprint density at radius 3 is 2.14 bits per heavy atom. The predicted molar refractivity (Wildman–Crippen MR) is 79.9 cm³/mol. The van der Waals surface area contributed by atoms with Crippen LogP contribution in [0.15, 0.2) is 29.2 Å². The molecular weight excluding hydrogens is 309 g/mol. The number of carboxylic acids is 1. The van der Waals surface area contributed by atoms with Crippen molar-refractivity contribution in [1.82, 2.24) is 4.90 Å². The average molecular weight is 329 g/mol. The van der Waals surface area contributed by atoms with Crippen LogP contribution in [0.25, 0.3) is 0 Å². The van der Waals surface area contributed by atoms with Crippen molar-refractivity contribution in [1.29, 1.82) is 0 Å². The van der Waals surface area contributed by atoms with Crippen LogP contribution < -0.4 is 0 Å². The summed E-state index contributed by atoms with van der Waals surface area (Å²) in [6.07, 6.45) is 0.0560. The zero-order valence-electron chi connectivity index (χ0n) is 12.6. The van der Waals surface area contributed by atoms with Crippen LogP contribution in [0.5, 0.6) is 0 Å². The van der Waals surface area contributed by atoms with Crippen LogP contribution in [-0.4, -0.2) is 48.3 Å². The van der Waals surface area contributed by atoms with Gasteiger partial charge in [-0.05, 0) is 51.0 Å². The first-order chi connectivity index (χ1) is 10.2. The molecule has 0 aliphatic carbocycles. The molecule has 0 atom stereocenters. The topological polar surface area (TPSA) is 74.7 Å². The van der Waals surface area contributed by atoms with Crippen molar-refractivity contribution < 1.29 is 22.7 Å². The van der Waals surface area contributed by atoms with Crippen molar-refractivity contribution in [2.24, 2.45) is 0 Å². The maximum atomic E-state index is 13.0. The van der Waals surface area contributed by atoms with Gasteiger partial charge in [0.05, 0.1) is 4.90 Å². The third-order valence-corrected chi connectivity index (χ3v) is 6.87. The van der Waals surface area contributed by atoms with Gasteiger partial charge in [-0.1, -0.05) is 0 Å². The molecule has 22 heavy (non-hydrogen) atoms. The van der Waals surface area contributed by atoms with Crippen molar-refractivity contribution in [3.05, 3.63) is 30.1 Å². The third kappa shape index (κ3) is 2.75. The van der Waals surface area contributed by atoms with Gasteiger partial charge in [0.25, 0.3) is 0 Å². The fourth-order valence-corrected chi connectivity index (χ4v) is 4.73. The summed E-state index contributed by atoms with van der Waals surface area (Å²) in [6, 6.07) is 4.56. The number of sulfone groups is 1. The van der Waals surface area contributed by atoms with E-state index in [1.807, 2.05) is 13.8 Å². The third-order valence-electron chi connectivity index (χ3n) is 4.36. The van der Waals surface area contributed by atoms with Gasteiger partial charge < -0.3 is 10.0 Å². The van der Waals surface area contributed by atoms with Crippen molar-refractivity contribution in [2.45, 2.75) is 42.4 Å². The normalized spacial score (nSPS) is 19.3. The molecule has 1 aliphatic heterocycles. The Labute approximate surface area is 129 Å². The Morgan fingerprint density at radius 2 is 1.73 bits per heavy atom. The Bertz CT molecular complexity index is 647. The first kappa shape index (κ1) is 16.9. The van der Waals surface area contributed by atoms with E-state index in [9.17, 15) is 22.7 Å². The van der Waals surface area contributed by atoms with Gasteiger partial charge in [-0.15, -0.1) is 0 Å². The second-order valence-corrected chi connectivity index (χ2v) is 8.15. The monoisotopic (exact) mass is 329 g/mol. The second-order valence-electron chi connectivity index (χ2n) is 5.89. The van der Waals surface area contributed by atoms with Gasteiger partial charge in [-0.3, -0.25) is 4.79 Å². The molecule has 0 unspecified atom stereocenters. The first-order valence-electron chi connectivity index (χ1n) is 7.18. The minimum absolute atomic E-state index is 0.0280. The lowest BCUT2D eigenvalue weighted by Crippen LogP contribution is -2.55. The number of piperidine rings is 1. The molecule has 0 aromatic heterocycles. The van der Waals surface area contributed by atoms with Crippen LogP contribution in [0, 0.1) is 5.82 Å². The van der Waals surface area contributed by atoms with E-state index in [1.54, 1.807) is 0 Å². The summed E-state index contributed by atoms with van der Waals surface area (Å²) >= 11 is 0. The molecule has 1 aromatic rings. The highest BCUT2D eigenvalue weighted by molar-refractivity contribution is 7.93. The van der Waals surface area contributed by atoms with Crippen molar-refractivity contribution in [3.8, 4) is 0 Å². The molecule has 1 fully saturated rings. The van der Waals surface area contributed by atoms with E-state index in [0.717, 1.165) is 24.3 Å². The number of aliphatic carboxylic acids is 1. The second kappa shape index (κ2) is 5.96. The van der Waals surface area contributed by atoms with Crippen LogP contribution >= 0.6 is 0 Å². The molecule has 2 rings (SSSR count). The Kier molecular flexibility index (Phi) is 4.58. The van der Waals surface area contributed by atoms with Gasteiger partial charge in [0, 0.05) is 19.1 Å². The van der Waals surface area contributed by atoms with Crippen LogP contribution in [-0.2, 0) is 14.6 Å². The lowest BCUT2D eigenvalue weighted by atomic mass is 9.95. The molecule has 5 nitrogen and oxygen atoms in total. The number of halogens is 1. The van der Waals surface area contributed by atoms with Gasteiger partial charge in [-0.2, -0.15) is 0 Å². The minimum atomic E-state index is -4.08. The molecule has 122 valence electrons. The Balaban J connectivity index is 2.40. The van der Waals surface area contributed by atoms with E-state index < -0.39 is 26.4 Å². The van der Waals surface area contributed by atoms with Crippen LogP contribution in [0.4, 0.5) is 4.39 Å². The molecule has 0 radical (unpaired) electrons. The summed E-state index contributed by atoms with van der Waals surface area (Å²) in [5, 5.41) is 9.59. The van der Waals surface area contributed by atoms with Gasteiger partial charge in [0.1, 0.15) is 5.82 Å². The molecule has 0 amide bonds. The lowest BCUT2D eigenvalue weighted by molar-refractivity contribution is -0.141. The van der Waals surface area contributed by atoms with Gasteiger partial charge in [0.15, 0.2) is 14.6 Å². The van der Waals surface area contributed by atoms with Crippen LogP contribution in [0.3, 0.4) is 0 Å². The SMILES string of the molecule is CC(C)N1CCC(C(=O)O)(S(=O)(=O)c2ccc(F)cc2)CC1. The van der Waals surface area contributed by atoms with E-state index in [-0.39, 0.29) is 23.8 Å². The Morgan fingerprint density at radius 1 is 1.23 bits per heavy atom. The van der Waals surface area contributed by atoms with E-state index in [1.165, 1.54) is 0 Å². The molecule has 1 saturated heterocycles. The standard InChI is InChI=1S/C15H20FNO4S/c1-11(2)17-9-7-15(8-10-17,14(18)19)22(20,21)13-5-3-12(16)4-6-13/h3-6,11H,7-10H2,1-2H3,(H,18,19). The zero-order chi connectivity index (χ0) is 16.5. The minimum Gasteiger partial charge on any atom is -0.480 e. The summed E-state index contributed by atoms with van der Waals surface area (Å²) in [5.74, 6) is -1.89. The number of benzene rings is 1. The summed E-state index contributed by atoms with van der Waals surface area (Å²) in [5.41, 5.74) is 0. The van der Waals surface area contributed by atoms with E-state index in [0.29, 0.717) is 13.1 Å². The van der Waals surface area contributed by atoms with Crippen LogP contribution in [0.2, 0.25) is 0 Å². The molecule has 0 spiro atoms. The maximum absolute atomic E-state index is 13.0. The highest BCUT2D eigenvalue weighted by atomic mass is 32.2. The molecule has 1 heterocycles. The van der Waals surface area contributed by atoms with Gasteiger partial charge in [-0.25, -0.2) is 12.8 Å². The lowest BCUT2D eigenvalue weighted by Gasteiger charge is -2.39. The number of likely N-dealkylation sites (tertiary alicyclic amines) is 1. The van der Waals surface area contributed by atoms with E-state index in [4.69, 9.17) is 0 Å². The Hall–Kier alpha value is -1.47. The molecular formula is C15H20FNO4S.